The first kappa shape index (κ1) is 35.1. The molecule has 1 unspecified atom stereocenters. The molecular weight excluding hydrogens is 497 g/mol. The van der Waals surface area contributed by atoms with Crippen LogP contribution in [0.2, 0.25) is 0 Å². The molecule has 3 rings (SSSR count). The zero-order valence-electron chi connectivity index (χ0n) is 25.1. The van der Waals surface area contributed by atoms with Gasteiger partial charge in [-0.25, -0.2) is 0 Å². The molecule has 0 aromatic heterocycles. The maximum absolute atomic E-state index is 3.90. The predicted molar refractivity (Wildman–Crippen MR) is 155 cm³/mol. The van der Waals surface area contributed by atoms with Gasteiger partial charge in [0.05, 0.1) is 0 Å². The van der Waals surface area contributed by atoms with Gasteiger partial charge in [-0.1, -0.05) is 118 Å². The molecule has 0 N–H and O–H groups in total. The normalized spacial score (nSPS) is 36.7. The Morgan fingerprint density at radius 2 is 0.943 bits per heavy atom. The number of hydrogen-bond donors (Lipinski definition) is 0. The Balaban J connectivity index is 0.000000499. The summed E-state index contributed by atoms with van der Waals surface area (Å²) < 4.78 is 0. The van der Waals surface area contributed by atoms with Gasteiger partial charge in [-0.3, -0.25) is 0 Å². The van der Waals surface area contributed by atoms with E-state index in [1.54, 1.807) is 0 Å². The summed E-state index contributed by atoms with van der Waals surface area (Å²) in [6, 6.07) is 10.6. The Kier molecular flexibility index (Phi) is 17.6. The molecule has 1 atom stereocenters. The molecule has 1 radical (unpaired) electrons. The maximum atomic E-state index is 3.90. The molecular formula is C34H59Y-. The molecule has 0 heterocycles. The molecule has 2 aliphatic carbocycles. The summed E-state index contributed by atoms with van der Waals surface area (Å²) in [6.07, 6.45) is 6.76. The number of unbranched alkanes of at least 4 members (excludes halogenated alkanes) is 2. The Hall–Kier alpha value is 0.0639. The number of rotatable bonds is 6. The molecule has 35 heavy (non-hydrogen) atoms. The molecule has 1 aromatic rings. The third-order valence-electron chi connectivity index (χ3n) is 10.8. The molecule has 0 nitrogen and oxygen atoms in total. The zero-order valence-corrected chi connectivity index (χ0v) is 28.0. The summed E-state index contributed by atoms with van der Waals surface area (Å²) in [7, 11) is 0. The fourth-order valence-electron chi connectivity index (χ4n) is 6.45. The van der Waals surface area contributed by atoms with E-state index in [1.807, 2.05) is 0 Å². The van der Waals surface area contributed by atoms with Crippen LogP contribution in [0, 0.1) is 66.1 Å². The summed E-state index contributed by atoms with van der Waals surface area (Å²) in [5, 5.41) is 0. The van der Waals surface area contributed by atoms with E-state index in [9.17, 15) is 0 Å². The van der Waals surface area contributed by atoms with E-state index in [1.165, 1.54) is 24.8 Å². The van der Waals surface area contributed by atoms with Crippen molar-refractivity contribution in [3.8, 4) is 0 Å². The standard InChI is InChI=1S/C14H19.2C10H20.Y/c1-3-5-7-10-13(4-2)14-11-8-6-9-12-14;2*1-6-7(2)9(4)10(5)8(6)3;/h4,6,8-9,11-13H,1-3,5,7,10H2;2*6-10H,1-5H3;/q-1;;;. The fourth-order valence-corrected chi connectivity index (χ4v) is 6.45. The van der Waals surface area contributed by atoms with Crippen molar-refractivity contribution < 1.29 is 32.7 Å². The number of allylic oxidation sites excluding steroid dienone is 1. The Morgan fingerprint density at radius 1 is 0.629 bits per heavy atom. The van der Waals surface area contributed by atoms with Crippen molar-refractivity contribution in [3.05, 3.63) is 55.5 Å². The molecule has 0 spiro atoms. The van der Waals surface area contributed by atoms with Crippen molar-refractivity contribution in [2.45, 2.75) is 101 Å². The van der Waals surface area contributed by atoms with Gasteiger partial charge in [0.2, 0.25) is 0 Å². The van der Waals surface area contributed by atoms with Gasteiger partial charge in [0.25, 0.3) is 0 Å². The molecule has 2 fully saturated rings. The van der Waals surface area contributed by atoms with Crippen LogP contribution in [0.25, 0.3) is 0 Å². The maximum Gasteiger partial charge on any atom is 0.00152 e. The topological polar surface area (TPSA) is 0 Å². The second-order valence-electron chi connectivity index (χ2n) is 12.2. The van der Waals surface area contributed by atoms with Crippen LogP contribution in [0.15, 0.2) is 43.0 Å². The number of hydrogen-bond acceptors (Lipinski definition) is 0. The van der Waals surface area contributed by atoms with Gasteiger partial charge in [0.15, 0.2) is 0 Å². The molecule has 2 saturated carbocycles. The van der Waals surface area contributed by atoms with Crippen LogP contribution in [0.3, 0.4) is 0 Å². The van der Waals surface area contributed by atoms with Crippen molar-refractivity contribution in [2.24, 2.45) is 59.2 Å². The van der Waals surface area contributed by atoms with Crippen molar-refractivity contribution in [1.29, 1.82) is 0 Å². The first-order chi connectivity index (χ1) is 16.0. The van der Waals surface area contributed by atoms with Gasteiger partial charge in [0, 0.05) is 38.6 Å². The summed E-state index contributed by atoms with van der Waals surface area (Å²) in [5.74, 6) is 9.87. The van der Waals surface area contributed by atoms with Crippen LogP contribution in [0.1, 0.15) is 106 Å². The molecule has 0 aliphatic heterocycles. The Bertz CT molecular complexity index is 547. The summed E-state index contributed by atoms with van der Waals surface area (Å²) in [6.45, 7) is 31.7. The predicted octanol–water partition coefficient (Wildman–Crippen LogP) is 10.7. The van der Waals surface area contributed by atoms with Crippen molar-refractivity contribution >= 4 is 0 Å². The van der Waals surface area contributed by atoms with E-state index in [2.05, 4.69) is 119 Å². The van der Waals surface area contributed by atoms with E-state index in [4.69, 9.17) is 0 Å². The zero-order chi connectivity index (χ0) is 26.0. The first-order valence-electron chi connectivity index (χ1n) is 14.5. The van der Waals surface area contributed by atoms with E-state index in [0.29, 0.717) is 5.92 Å². The van der Waals surface area contributed by atoms with E-state index in [0.717, 1.165) is 65.6 Å². The summed E-state index contributed by atoms with van der Waals surface area (Å²) >= 11 is 0. The third-order valence-corrected chi connectivity index (χ3v) is 10.8. The van der Waals surface area contributed by atoms with Crippen LogP contribution in [-0.2, 0) is 32.7 Å². The van der Waals surface area contributed by atoms with Crippen molar-refractivity contribution in [3.63, 3.8) is 0 Å². The van der Waals surface area contributed by atoms with Crippen LogP contribution < -0.4 is 0 Å². The molecule has 1 aromatic carbocycles. The van der Waals surface area contributed by atoms with Crippen LogP contribution in [0.5, 0.6) is 0 Å². The minimum absolute atomic E-state index is 0. The van der Waals surface area contributed by atoms with E-state index < -0.39 is 0 Å². The summed E-state index contributed by atoms with van der Waals surface area (Å²) in [5.41, 5.74) is 1.38. The SMILES string of the molecule is C=CC(CCCC[CH2-])c1ccccc1.CC1C(C)C(C)C(C)C1C.CC1C(C)C(C)C(C)C1C.[Y]. The van der Waals surface area contributed by atoms with Crippen molar-refractivity contribution in [1.82, 2.24) is 0 Å². The van der Waals surface area contributed by atoms with Gasteiger partial charge in [0.1, 0.15) is 0 Å². The van der Waals surface area contributed by atoms with Crippen molar-refractivity contribution in [2.75, 3.05) is 0 Å². The monoisotopic (exact) mass is 556 g/mol. The molecule has 1 heteroatoms. The van der Waals surface area contributed by atoms with Gasteiger partial charge in [-0.15, -0.1) is 6.58 Å². The third kappa shape index (κ3) is 10.0. The smallest absolute Gasteiger partial charge is 0.00152 e. The first-order valence-corrected chi connectivity index (χ1v) is 14.5. The second-order valence-corrected chi connectivity index (χ2v) is 12.2. The second kappa shape index (κ2) is 17.6. The minimum Gasteiger partial charge on any atom is -0.343 e. The molecule has 2 aliphatic rings. The molecule has 199 valence electrons. The van der Waals surface area contributed by atoms with E-state index in [-0.39, 0.29) is 32.7 Å². The molecule has 0 bridgehead atoms. The Morgan fingerprint density at radius 3 is 1.20 bits per heavy atom. The fraction of sp³-hybridized carbons (Fsp3) is 0.735. The van der Waals surface area contributed by atoms with Gasteiger partial charge < -0.3 is 6.92 Å². The quantitative estimate of drug-likeness (QED) is 0.186. The van der Waals surface area contributed by atoms with Crippen LogP contribution in [0.4, 0.5) is 0 Å². The molecule has 0 amide bonds. The average Bonchev–Trinajstić information content (AvgIpc) is 3.13. The average molecular weight is 557 g/mol. The molecule has 0 saturated heterocycles. The van der Waals surface area contributed by atoms with Crippen LogP contribution in [-0.4, -0.2) is 0 Å². The van der Waals surface area contributed by atoms with Gasteiger partial charge in [-0.2, -0.15) is 6.42 Å². The summed E-state index contributed by atoms with van der Waals surface area (Å²) in [4.78, 5) is 0. The van der Waals surface area contributed by atoms with Crippen LogP contribution >= 0.6 is 0 Å². The van der Waals surface area contributed by atoms with E-state index >= 15 is 0 Å². The number of benzene rings is 1. The Labute approximate surface area is 246 Å². The van der Waals surface area contributed by atoms with Gasteiger partial charge in [-0.05, 0) is 71.2 Å². The largest absolute Gasteiger partial charge is 0.343 e. The minimum atomic E-state index is 0. The van der Waals surface area contributed by atoms with Gasteiger partial charge >= 0.3 is 0 Å².